The van der Waals surface area contributed by atoms with Gasteiger partial charge in [-0.15, -0.1) is 0 Å². The molecule has 0 saturated carbocycles. The molecule has 0 amide bonds. The molecule has 0 saturated heterocycles. The Hall–Kier alpha value is -0.160. The van der Waals surface area contributed by atoms with Gasteiger partial charge in [-0.05, 0) is 13.3 Å². The van der Waals surface area contributed by atoms with Gasteiger partial charge in [0.2, 0.25) is 0 Å². The Morgan fingerprint density at radius 2 is 1.84 bits per heavy atom. The highest BCUT2D eigenvalue weighted by molar-refractivity contribution is 4.77. The number of methoxy groups -OCH3 is 2. The summed E-state index contributed by atoms with van der Waals surface area (Å²) in [7, 11) is 3.50. The van der Waals surface area contributed by atoms with E-state index in [-0.39, 0.29) is 0 Å². The maximum Gasteiger partial charge on any atom is 0.0615 e. The highest BCUT2D eigenvalue weighted by atomic mass is 16.5. The van der Waals surface area contributed by atoms with E-state index in [1.165, 1.54) is 32.1 Å². The first-order valence-corrected chi connectivity index (χ1v) is 7.64. The van der Waals surface area contributed by atoms with E-state index in [0.717, 1.165) is 19.8 Å². The summed E-state index contributed by atoms with van der Waals surface area (Å²) in [6.07, 6.45) is 6.35. The SMILES string of the molecule is CCCCCCC(CN)N(CCOC)C(C)COC. The lowest BCUT2D eigenvalue weighted by Crippen LogP contribution is -2.48. The Morgan fingerprint density at radius 3 is 2.37 bits per heavy atom. The normalized spacial score (nSPS) is 14.8. The predicted octanol–water partition coefficient (Wildman–Crippen LogP) is 2.27. The van der Waals surface area contributed by atoms with Gasteiger partial charge in [0.15, 0.2) is 0 Å². The Morgan fingerprint density at radius 1 is 1.11 bits per heavy atom. The molecule has 4 heteroatoms. The summed E-state index contributed by atoms with van der Waals surface area (Å²) in [5.41, 5.74) is 5.97. The van der Waals surface area contributed by atoms with Crippen LogP contribution in [-0.4, -0.2) is 57.5 Å². The fourth-order valence-corrected chi connectivity index (χ4v) is 2.52. The van der Waals surface area contributed by atoms with Crippen LogP contribution in [0.3, 0.4) is 0 Å². The van der Waals surface area contributed by atoms with Gasteiger partial charge in [0.05, 0.1) is 13.2 Å². The average Bonchev–Trinajstić information content (AvgIpc) is 2.41. The summed E-state index contributed by atoms with van der Waals surface area (Å²) in [6, 6.07) is 0.831. The van der Waals surface area contributed by atoms with Gasteiger partial charge in [-0.1, -0.05) is 32.6 Å². The van der Waals surface area contributed by atoms with E-state index in [1.807, 2.05) is 0 Å². The van der Waals surface area contributed by atoms with Crippen molar-refractivity contribution in [2.24, 2.45) is 5.73 Å². The molecule has 2 N–H and O–H groups in total. The molecule has 19 heavy (non-hydrogen) atoms. The van der Waals surface area contributed by atoms with Crippen LogP contribution < -0.4 is 5.73 Å². The van der Waals surface area contributed by atoms with Crippen LogP contribution in [0.4, 0.5) is 0 Å². The molecule has 4 nitrogen and oxygen atoms in total. The zero-order valence-corrected chi connectivity index (χ0v) is 13.4. The second kappa shape index (κ2) is 12.9. The van der Waals surface area contributed by atoms with Crippen molar-refractivity contribution in [2.45, 2.75) is 58.0 Å². The van der Waals surface area contributed by atoms with Crippen LogP contribution in [0.15, 0.2) is 0 Å². The van der Waals surface area contributed by atoms with Gasteiger partial charge in [-0.25, -0.2) is 0 Å². The fourth-order valence-electron chi connectivity index (χ4n) is 2.52. The molecule has 0 spiro atoms. The number of ether oxygens (including phenoxy) is 2. The molecule has 0 aliphatic carbocycles. The van der Waals surface area contributed by atoms with E-state index in [4.69, 9.17) is 15.2 Å². The first-order valence-electron chi connectivity index (χ1n) is 7.64. The summed E-state index contributed by atoms with van der Waals surface area (Å²) in [5, 5.41) is 0. The Kier molecular flexibility index (Phi) is 12.7. The van der Waals surface area contributed by atoms with Crippen LogP contribution in [0.5, 0.6) is 0 Å². The van der Waals surface area contributed by atoms with Crippen molar-refractivity contribution >= 4 is 0 Å². The van der Waals surface area contributed by atoms with E-state index >= 15 is 0 Å². The molecule has 0 aliphatic heterocycles. The van der Waals surface area contributed by atoms with Crippen LogP contribution in [0.2, 0.25) is 0 Å². The van der Waals surface area contributed by atoms with Crippen molar-refractivity contribution in [1.82, 2.24) is 4.90 Å². The third-order valence-corrected chi connectivity index (χ3v) is 3.66. The second-order valence-corrected chi connectivity index (χ2v) is 5.27. The van der Waals surface area contributed by atoms with E-state index in [9.17, 15) is 0 Å². The van der Waals surface area contributed by atoms with Crippen LogP contribution in [-0.2, 0) is 9.47 Å². The number of nitrogens with zero attached hydrogens (tertiary/aromatic N) is 1. The topological polar surface area (TPSA) is 47.7 Å². The zero-order chi connectivity index (χ0) is 14.5. The van der Waals surface area contributed by atoms with Gasteiger partial charge in [0.1, 0.15) is 0 Å². The molecule has 2 unspecified atom stereocenters. The smallest absolute Gasteiger partial charge is 0.0615 e. The van der Waals surface area contributed by atoms with Gasteiger partial charge < -0.3 is 15.2 Å². The number of rotatable bonds is 13. The molecule has 0 fully saturated rings. The number of hydrogen-bond acceptors (Lipinski definition) is 4. The summed E-state index contributed by atoms with van der Waals surface area (Å²) >= 11 is 0. The molecule has 116 valence electrons. The van der Waals surface area contributed by atoms with E-state index in [2.05, 4.69) is 18.7 Å². The van der Waals surface area contributed by atoms with Crippen molar-refractivity contribution in [2.75, 3.05) is 40.5 Å². The molecular weight excluding hydrogens is 240 g/mol. The molecule has 0 heterocycles. The van der Waals surface area contributed by atoms with Crippen molar-refractivity contribution in [3.8, 4) is 0 Å². The highest BCUT2D eigenvalue weighted by Gasteiger charge is 2.21. The molecule has 0 aromatic heterocycles. The molecule has 0 bridgehead atoms. The fraction of sp³-hybridized carbons (Fsp3) is 1.00. The van der Waals surface area contributed by atoms with E-state index in [0.29, 0.717) is 18.6 Å². The van der Waals surface area contributed by atoms with Crippen LogP contribution >= 0.6 is 0 Å². The third-order valence-electron chi connectivity index (χ3n) is 3.66. The Balaban J connectivity index is 4.30. The van der Waals surface area contributed by atoms with Crippen LogP contribution in [0.1, 0.15) is 46.0 Å². The highest BCUT2D eigenvalue weighted by Crippen LogP contribution is 2.13. The molecule has 0 radical (unpaired) electrons. The first-order chi connectivity index (χ1) is 9.21. The Bertz CT molecular complexity index is 191. The molecule has 0 rings (SSSR count). The lowest BCUT2D eigenvalue weighted by Gasteiger charge is -2.35. The largest absolute Gasteiger partial charge is 0.383 e. The zero-order valence-electron chi connectivity index (χ0n) is 13.4. The minimum Gasteiger partial charge on any atom is -0.383 e. The van der Waals surface area contributed by atoms with E-state index in [1.54, 1.807) is 14.2 Å². The maximum atomic E-state index is 5.97. The predicted molar refractivity (Wildman–Crippen MR) is 81.5 cm³/mol. The van der Waals surface area contributed by atoms with Crippen molar-refractivity contribution in [3.63, 3.8) is 0 Å². The molecule has 0 aromatic rings. The maximum absolute atomic E-state index is 5.97. The summed E-state index contributed by atoms with van der Waals surface area (Å²) < 4.78 is 10.5. The number of hydrogen-bond donors (Lipinski definition) is 1. The van der Waals surface area contributed by atoms with E-state index < -0.39 is 0 Å². The lowest BCUT2D eigenvalue weighted by atomic mass is 10.0. The van der Waals surface area contributed by atoms with Gasteiger partial charge >= 0.3 is 0 Å². The minimum absolute atomic E-state index is 0.389. The molecule has 2 atom stereocenters. The summed E-state index contributed by atoms with van der Waals surface area (Å²) in [6.45, 7) is 7.58. The van der Waals surface area contributed by atoms with Crippen LogP contribution in [0, 0.1) is 0 Å². The lowest BCUT2D eigenvalue weighted by molar-refractivity contribution is 0.0458. The number of nitrogens with two attached hydrogens (primary N) is 1. The molecule has 0 aromatic carbocycles. The Labute approximate surface area is 119 Å². The van der Waals surface area contributed by atoms with Gasteiger partial charge in [0.25, 0.3) is 0 Å². The van der Waals surface area contributed by atoms with Gasteiger partial charge in [-0.3, -0.25) is 4.90 Å². The second-order valence-electron chi connectivity index (χ2n) is 5.27. The average molecular weight is 274 g/mol. The van der Waals surface area contributed by atoms with Gasteiger partial charge in [0, 0.05) is 39.4 Å². The third kappa shape index (κ3) is 8.58. The molecular formula is C15H34N2O2. The standard InChI is InChI=1S/C15H34N2O2/c1-5-6-7-8-9-15(12-16)17(10-11-18-3)14(2)13-19-4/h14-15H,5-13,16H2,1-4H3. The quantitative estimate of drug-likeness (QED) is 0.523. The number of unbranched alkanes of at least 4 members (excludes halogenated alkanes) is 3. The van der Waals surface area contributed by atoms with Crippen molar-refractivity contribution in [3.05, 3.63) is 0 Å². The summed E-state index contributed by atoms with van der Waals surface area (Å²) in [5.74, 6) is 0. The van der Waals surface area contributed by atoms with Gasteiger partial charge in [-0.2, -0.15) is 0 Å². The first kappa shape index (κ1) is 18.8. The summed E-state index contributed by atoms with van der Waals surface area (Å²) in [4.78, 5) is 2.44. The monoisotopic (exact) mass is 274 g/mol. The van der Waals surface area contributed by atoms with Crippen LogP contribution in [0.25, 0.3) is 0 Å². The van der Waals surface area contributed by atoms with Crippen molar-refractivity contribution in [1.29, 1.82) is 0 Å². The van der Waals surface area contributed by atoms with Crippen molar-refractivity contribution < 1.29 is 9.47 Å². The minimum atomic E-state index is 0.389. The molecule has 0 aliphatic rings.